The maximum absolute atomic E-state index is 15.6. The lowest BCUT2D eigenvalue weighted by Crippen LogP contribution is -2.65. The fraction of sp³-hybridized carbons (Fsp3) is 0.767. The number of nitrogens with zero attached hydrogens (tertiary/aromatic N) is 12. The Morgan fingerprint density at radius 1 is 0.230 bits per heavy atom. The first-order valence-corrected chi connectivity index (χ1v) is 33.7. The second-order valence-corrected chi connectivity index (χ2v) is 29.5. The molecule has 0 N–H and O–H groups in total. The molecule has 0 amide bonds. The van der Waals surface area contributed by atoms with Crippen molar-refractivity contribution in [3.63, 3.8) is 0 Å². The van der Waals surface area contributed by atoms with Crippen LogP contribution in [0.2, 0.25) is 0 Å². The summed E-state index contributed by atoms with van der Waals surface area (Å²) in [6.45, 7) is -20.4. The summed E-state index contributed by atoms with van der Waals surface area (Å²) >= 11 is 0. The molecule has 4 heterocycles. The van der Waals surface area contributed by atoms with Gasteiger partial charge >= 0.3 is 156 Å². The van der Waals surface area contributed by atoms with E-state index in [4.69, 9.17) is 0 Å². The van der Waals surface area contributed by atoms with E-state index >= 15 is 35.1 Å². The SMILES string of the molecule is FC(F)(F)C(F)(F)C(F)(F)C(F)(F)COc1nc(OCC(F)(F)C(F)(F)C(F)(F)C(F)(F)F)nc(N(c2cnc(OCC(F)(F)C(F)(F)C(F)(F)C(F)(F)COc3ncc(N(c4nc(OCC(F)(F)C(F)(F)C(F)(F)C(F)(F)F)nc(OCC(F)(F)C(F)(F)C(F)(F)C(F)(F)F)n4)C45CC6CC(CC(C6)C4)C5)cn3)nc2)C23CC4CC(CC(C4)C2)C3)n1. The molecule has 0 radical (unpaired) electrons. The Labute approximate surface area is 647 Å². The molecule has 62 heteroatoms. The lowest BCUT2D eigenvalue weighted by Gasteiger charge is -2.60. The molecule has 690 valence electrons. The molecule has 0 aromatic carbocycles. The Morgan fingerprint density at radius 2 is 0.385 bits per heavy atom. The van der Waals surface area contributed by atoms with E-state index in [2.05, 4.69) is 78.3 Å². The van der Waals surface area contributed by atoms with E-state index in [-0.39, 0.29) is 63.3 Å². The molecule has 0 unspecified atom stereocenters. The van der Waals surface area contributed by atoms with Gasteiger partial charge in [0.15, 0.2) is 39.6 Å². The highest BCUT2D eigenvalue weighted by Gasteiger charge is 2.87. The number of aromatic nitrogens is 10. The molecular weight excluding hydrogens is 1820 g/mol. The van der Waals surface area contributed by atoms with E-state index in [1.165, 1.54) is 0 Å². The third-order valence-electron chi connectivity index (χ3n) is 20.7. The molecule has 0 atom stereocenters. The van der Waals surface area contributed by atoms with Gasteiger partial charge < -0.3 is 38.2 Å². The molecule has 18 nitrogen and oxygen atoms in total. The van der Waals surface area contributed by atoms with Crippen LogP contribution < -0.4 is 38.2 Å². The van der Waals surface area contributed by atoms with Crippen molar-refractivity contribution in [2.24, 2.45) is 35.5 Å². The number of halogens is 44. The zero-order chi connectivity index (χ0) is 92.3. The Bertz CT molecular complexity index is 3910. The lowest BCUT2D eigenvalue weighted by atomic mass is 9.52. The monoisotopic (exact) mass is 1870 g/mol. The first-order valence-electron chi connectivity index (χ1n) is 33.7. The Balaban J connectivity index is 0.921. The Hall–Kier alpha value is -8.50. The minimum Gasteiger partial charge on any atom is -0.457 e. The van der Waals surface area contributed by atoms with E-state index in [1.807, 2.05) is 0 Å². The van der Waals surface area contributed by atoms with Crippen molar-refractivity contribution in [2.75, 3.05) is 49.4 Å². The number of hydrogen-bond acceptors (Lipinski definition) is 18. The highest BCUT2D eigenvalue weighted by atomic mass is 19.5. The molecule has 4 aromatic heterocycles. The van der Waals surface area contributed by atoms with Crippen LogP contribution in [-0.2, 0) is 0 Å². The minimum absolute atomic E-state index is 0.232. The number of anilines is 4. The fourth-order valence-electron chi connectivity index (χ4n) is 15.6. The van der Waals surface area contributed by atoms with Crippen molar-refractivity contribution in [2.45, 2.75) is 208 Å². The van der Waals surface area contributed by atoms with E-state index in [0.29, 0.717) is 48.3 Å². The van der Waals surface area contributed by atoms with Crippen molar-refractivity contribution in [1.29, 1.82) is 0 Å². The quantitative estimate of drug-likeness (QED) is 0.0395. The smallest absolute Gasteiger partial charge is 0.457 e. The van der Waals surface area contributed by atoms with Gasteiger partial charge in [-0.2, -0.15) is 213 Å². The summed E-state index contributed by atoms with van der Waals surface area (Å²) in [6, 6.07) is -12.4. The molecule has 8 aliphatic carbocycles. The lowest BCUT2D eigenvalue weighted by molar-refractivity contribution is -0.398. The van der Waals surface area contributed by atoms with Gasteiger partial charge in [-0.1, -0.05) is 0 Å². The molecule has 8 bridgehead atoms. The predicted octanol–water partition coefficient (Wildman–Crippen LogP) is 19.2. The summed E-state index contributed by atoms with van der Waals surface area (Å²) in [5, 5.41) is 0. The van der Waals surface area contributed by atoms with Crippen molar-refractivity contribution >= 4 is 23.3 Å². The van der Waals surface area contributed by atoms with E-state index in [0.717, 1.165) is 0 Å². The van der Waals surface area contributed by atoms with Gasteiger partial charge in [-0.15, -0.1) is 9.97 Å². The number of ether oxygens (including phenoxy) is 6. The van der Waals surface area contributed by atoms with Crippen LogP contribution in [0.5, 0.6) is 36.1 Å². The van der Waals surface area contributed by atoms with Crippen LogP contribution in [0.25, 0.3) is 0 Å². The van der Waals surface area contributed by atoms with E-state index in [1.54, 1.807) is 0 Å². The van der Waals surface area contributed by atoms with Crippen molar-refractivity contribution in [3.05, 3.63) is 24.8 Å². The zero-order valence-electron chi connectivity index (χ0n) is 58.9. The summed E-state index contributed by atoms with van der Waals surface area (Å²) in [5.74, 6) is -122. The molecule has 122 heavy (non-hydrogen) atoms. The molecule has 12 rings (SSSR count). The summed E-state index contributed by atoms with van der Waals surface area (Å²) < 4.78 is 649. The fourth-order valence-corrected chi connectivity index (χ4v) is 15.6. The van der Waals surface area contributed by atoms with Gasteiger partial charge in [-0.3, -0.25) is 0 Å². The standard InChI is InChI=1S/C60H46F44N12O6/c61-41(62,17-117-33-105-13-29(14-106-33)115(39-7-23-1-24(8-39)3-25(2-23)9-39)31-109-35(119-19-43(65,66)49(77,78)53(85,86)57(93,94)95)113-36(110-31)120-20-44(67,68)50(79,80)54(87,88)58(96,97)98)47(73,74)48(75,76)42(63,64)18-118-34-107-15-30(16-108-34)116(40-10-26-4-27(11-40)6-28(5-26)12-40)32-111-37(121-21-45(69,70)51(81,82)55(89,90)59(99,100)101)114-38(112-32)122-22-46(71,72)52(83,84)56(91,92)60(102,103)104/h13-16,23-28H,1-12,17-22H2. The maximum Gasteiger partial charge on any atom is 0.460 e. The predicted molar refractivity (Wildman–Crippen MR) is 306 cm³/mol. The second-order valence-electron chi connectivity index (χ2n) is 29.5. The first kappa shape index (κ1) is 95.7. The van der Waals surface area contributed by atoms with Gasteiger partial charge in [-0.25, -0.2) is 19.9 Å². The molecule has 0 saturated heterocycles. The Kier molecular flexibility index (Phi) is 23.6. The molecule has 0 aliphatic heterocycles. The zero-order valence-corrected chi connectivity index (χ0v) is 58.9. The summed E-state index contributed by atoms with van der Waals surface area (Å²) in [6.07, 6.45) is -28.5. The summed E-state index contributed by atoms with van der Waals surface area (Å²) in [4.78, 5) is 33.4. The van der Waals surface area contributed by atoms with Gasteiger partial charge in [0.1, 0.15) is 0 Å². The largest absolute Gasteiger partial charge is 0.460 e. The second kappa shape index (κ2) is 30.1. The van der Waals surface area contributed by atoms with Crippen molar-refractivity contribution in [1.82, 2.24) is 49.8 Å². The van der Waals surface area contributed by atoms with Crippen LogP contribution in [0.3, 0.4) is 0 Å². The number of hydrogen-bond donors (Lipinski definition) is 0. The van der Waals surface area contributed by atoms with Gasteiger partial charge in [-0.05, 0) is 113 Å². The molecule has 4 aromatic rings. The molecule has 8 aliphatic rings. The average Bonchev–Trinajstić information content (AvgIpc) is 0.718. The van der Waals surface area contributed by atoms with Crippen LogP contribution in [0, 0.1) is 35.5 Å². The van der Waals surface area contributed by atoms with Crippen LogP contribution in [0.15, 0.2) is 24.8 Å². The molecule has 0 spiro atoms. The Morgan fingerprint density at radius 3 is 0.549 bits per heavy atom. The van der Waals surface area contributed by atoms with Gasteiger partial charge in [0.05, 0.1) is 36.2 Å². The topological polar surface area (TPSA) is 191 Å². The van der Waals surface area contributed by atoms with Crippen LogP contribution in [0.4, 0.5) is 216 Å². The third kappa shape index (κ3) is 16.4. The maximum atomic E-state index is 15.6. The van der Waals surface area contributed by atoms with Crippen LogP contribution in [-0.4, -0.2) is 220 Å². The highest BCUT2D eigenvalue weighted by molar-refractivity contribution is 5.61. The summed E-state index contributed by atoms with van der Waals surface area (Å²) in [7, 11) is 0. The average molecular weight is 1870 g/mol. The molecular formula is C60H46F44N12O6. The van der Waals surface area contributed by atoms with Crippen molar-refractivity contribution < 1.29 is 222 Å². The van der Waals surface area contributed by atoms with Gasteiger partial charge in [0, 0.05) is 11.1 Å². The van der Waals surface area contributed by atoms with Gasteiger partial charge in [0.25, 0.3) is 0 Å². The van der Waals surface area contributed by atoms with E-state index in [9.17, 15) is 158 Å². The minimum atomic E-state index is -7.68. The van der Waals surface area contributed by atoms with Crippen molar-refractivity contribution in [3.8, 4) is 36.1 Å². The number of rotatable bonds is 35. The van der Waals surface area contributed by atoms with Crippen LogP contribution in [0.1, 0.15) is 77.0 Å². The van der Waals surface area contributed by atoms with Gasteiger partial charge in [0.2, 0.25) is 11.9 Å². The third-order valence-corrected chi connectivity index (χ3v) is 20.7. The van der Waals surface area contributed by atoms with E-state index < -0.39 is 265 Å². The van der Waals surface area contributed by atoms with Crippen LogP contribution >= 0.6 is 0 Å². The number of alkyl halides is 44. The molecule has 8 fully saturated rings. The highest BCUT2D eigenvalue weighted by Crippen LogP contribution is 2.64. The first-order chi connectivity index (χ1) is 54.9. The molecule has 8 saturated carbocycles. The normalized spacial score (nSPS) is 23.4. The summed E-state index contributed by atoms with van der Waals surface area (Å²) in [5.41, 5.74) is -5.32.